The number of hydrogen-bond donors (Lipinski definition) is 0. The van der Waals surface area contributed by atoms with Crippen LogP contribution in [0.15, 0.2) is 11.0 Å². The van der Waals surface area contributed by atoms with Crippen molar-refractivity contribution < 1.29 is 4.21 Å². The normalized spacial score (nSPS) is 25.9. The third kappa shape index (κ3) is 5.83. The van der Waals surface area contributed by atoms with Crippen LogP contribution in [0.4, 0.5) is 0 Å². The van der Waals surface area contributed by atoms with E-state index in [-0.39, 0.29) is 0 Å². The van der Waals surface area contributed by atoms with Crippen LogP contribution in [0.1, 0.15) is 71.1 Å². The molecule has 1 rings (SSSR count). The zero-order valence-corrected chi connectivity index (χ0v) is 11.5. The van der Waals surface area contributed by atoms with E-state index in [4.69, 9.17) is 0 Å². The Morgan fingerprint density at radius 1 is 1.00 bits per heavy atom. The molecule has 0 amide bonds. The summed E-state index contributed by atoms with van der Waals surface area (Å²) in [5.74, 6) is 0.784. The molecule has 0 heterocycles. The molecule has 16 heavy (non-hydrogen) atoms. The minimum atomic E-state index is -0.695. The van der Waals surface area contributed by atoms with Crippen LogP contribution in [0, 0.1) is 0 Å². The largest absolute Gasteiger partial charge is 0.255 e. The second-order valence-electron chi connectivity index (χ2n) is 4.67. The highest BCUT2D eigenvalue weighted by Crippen LogP contribution is 2.18. The summed E-state index contributed by atoms with van der Waals surface area (Å²) in [7, 11) is -0.695. The van der Waals surface area contributed by atoms with Gasteiger partial charge in [-0.2, -0.15) is 0 Å². The van der Waals surface area contributed by atoms with E-state index >= 15 is 0 Å². The first-order valence-corrected chi connectivity index (χ1v) is 8.24. The van der Waals surface area contributed by atoms with Crippen LogP contribution >= 0.6 is 0 Å². The number of allylic oxidation sites excluding steroid dienone is 2. The quantitative estimate of drug-likeness (QED) is 0.694. The van der Waals surface area contributed by atoms with Crippen LogP contribution in [0.5, 0.6) is 0 Å². The first-order valence-electron chi connectivity index (χ1n) is 6.92. The van der Waals surface area contributed by atoms with Gasteiger partial charge in [0.25, 0.3) is 0 Å². The van der Waals surface area contributed by atoms with Crippen LogP contribution in [0.2, 0.25) is 0 Å². The lowest BCUT2D eigenvalue weighted by molar-refractivity contribution is 0.565. The van der Waals surface area contributed by atoms with Crippen LogP contribution in [0.3, 0.4) is 0 Å². The molecule has 0 aliphatic heterocycles. The van der Waals surface area contributed by atoms with E-state index in [0.717, 1.165) is 18.6 Å². The first kappa shape index (κ1) is 14.0. The third-order valence-corrected chi connectivity index (χ3v) is 4.78. The average molecular weight is 242 g/mol. The van der Waals surface area contributed by atoms with Crippen molar-refractivity contribution in [2.75, 3.05) is 5.75 Å². The van der Waals surface area contributed by atoms with E-state index in [1.807, 2.05) is 6.92 Å². The van der Waals surface area contributed by atoms with E-state index in [1.54, 1.807) is 0 Å². The monoisotopic (exact) mass is 242 g/mol. The molecule has 1 aliphatic rings. The van der Waals surface area contributed by atoms with E-state index in [2.05, 4.69) is 6.08 Å². The standard InChI is InChI=1S/C14H26OS/c1-2-16(15)14-12-10-8-6-4-3-5-7-9-11-13-14/h12H,2-11,13H2,1H3/b14-12+. The number of hydrogen-bond acceptors (Lipinski definition) is 1. The topological polar surface area (TPSA) is 17.1 Å². The highest BCUT2D eigenvalue weighted by atomic mass is 32.2. The fourth-order valence-corrected chi connectivity index (χ4v) is 3.31. The van der Waals surface area contributed by atoms with Crippen LogP contribution < -0.4 is 0 Å². The Balaban J connectivity index is 2.46. The van der Waals surface area contributed by atoms with Gasteiger partial charge in [-0.1, -0.05) is 51.5 Å². The maximum atomic E-state index is 11.8. The Hall–Kier alpha value is -0.110. The Labute approximate surface area is 103 Å². The van der Waals surface area contributed by atoms with Crippen molar-refractivity contribution in [3.05, 3.63) is 11.0 Å². The molecule has 1 aliphatic carbocycles. The molecule has 0 bridgehead atoms. The smallest absolute Gasteiger partial charge is 0.0482 e. The Kier molecular flexibility index (Phi) is 7.83. The lowest BCUT2D eigenvalue weighted by Crippen LogP contribution is -1.99. The molecule has 0 saturated heterocycles. The molecule has 1 nitrogen and oxygen atoms in total. The van der Waals surface area contributed by atoms with Crippen LogP contribution in [-0.4, -0.2) is 9.96 Å². The van der Waals surface area contributed by atoms with Crippen molar-refractivity contribution in [1.29, 1.82) is 0 Å². The Bertz CT molecular complexity index is 233. The van der Waals surface area contributed by atoms with E-state index < -0.39 is 10.8 Å². The average Bonchev–Trinajstić information content (AvgIpc) is 2.29. The van der Waals surface area contributed by atoms with Crippen molar-refractivity contribution in [1.82, 2.24) is 0 Å². The zero-order chi connectivity index (χ0) is 11.6. The molecule has 0 saturated carbocycles. The fourth-order valence-electron chi connectivity index (χ4n) is 2.26. The fraction of sp³-hybridized carbons (Fsp3) is 0.857. The molecule has 0 aromatic heterocycles. The highest BCUT2D eigenvalue weighted by molar-refractivity contribution is 7.88. The molecule has 0 aromatic carbocycles. The molecular weight excluding hydrogens is 216 g/mol. The molecular formula is C14H26OS. The Morgan fingerprint density at radius 2 is 1.56 bits per heavy atom. The van der Waals surface area contributed by atoms with Crippen molar-refractivity contribution >= 4 is 10.8 Å². The van der Waals surface area contributed by atoms with Gasteiger partial charge in [0.05, 0.1) is 0 Å². The van der Waals surface area contributed by atoms with Crippen LogP contribution in [0.25, 0.3) is 0 Å². The SMILES string of the molecule is CCS(=O)/C1=C/CCCCCCCCCC1. The van der Waals surface area contributed by atoms with Gasteiger partial charge in [-0.3, -0.25) is 4.21 Å². The summed E-state index contributed by atoms with van der Waals surface area (Å²) in [5.41, 5.74) is 0. The van der Waals surface area contributed by atoms with Gasteiger partial charge in [0.1, 0.15) is 0 Å². The third-order valence-electron chi connectivity index (χ3n) is 3.30. The lowest BCUT2D eigenvalue weighted by Gasteiger charge is -2.08. The van der Waals surface area contributed by atoms with Gasteiger partial charge >= 0.3 is 0 Å². The molecule has 1 unspecified atom stereocenters. The lowest BCUT2D eigenvalue weighted by atomic mass is 10.0. The zero-order valence-electron chi connectivity index (χ0n) is 10.7. The summed E-state index contributed by atoms with van der Waals surface area (Å²) < 4.78 is 11.8. The highest BCUT2D eigenvalue weighted by Gasteiger charge is 2.05. The van der Waals surface area contributed by atoms with Crippen molar-refractivity contribution in [2.45, 2.75) is 71.1 Å². The minimum absolute atomic E-state index is 0.695. The Morgan fingerprint density at radius 3 is 2.19 bits per heavy atom. The summed E-state index contributed by atoms with van der Waals surface area (Å²) in [6.45, 7) is 2.02. The van der Waals surface area contributed by atoms with Gasteiger partial charge in [-0.15, -0.1) is 0 Å². The molecule has 0 aromatic rings. The van der Waals surface area contributed by atoms with E-state index in [9.17, 15) is 4.21 Å². The van der Waals surface area contributed by atoms with Gasteiger partial charge in [-0.05, 0) is 25.7 Å². The molecule has 0 radical (unpaired) electrons. The van der Waals surface area contributed by atoms with Gasteiger partial charge in [0.2, 0.25) is 0 Å². The molecule has 1 atom stereocenters. The second-order valence-corrected chi connectivity index (χ2v) is 6.46. The summed E-state index contributed by atoms with van der Waals surface area (Å²) >= 11 is 0. The second kappa shape index (κ2) is 8.98. The van der Waals surface area contributed by atoms with Crippen molar-refractivity contribution in [3.8, 4) is 0 Å². The predicted molar refractivity (Wildman–Crippen MR) is 72.9 cm³/mol. The number of rotatable bonds is 2. The summed E-state index contributed by atoms with van der Waals surface area (Å²) in [6, 6.07) is 0. The molecule has 0 fully saturated rings. The van der Waals surface area contributed by atoms with Crippen molar-refractivity contribution in [2.24, 2.45) is 0 Å². The van der Waals surface area contributed by atoms with Gasteiger partial charge < -0.3 is 0 Å². The summed E-state index contributed by atoms with van der Waals surface area (Å²) in [6.07, 6.45) is 15.2. The maximum absolute atomic E-state index is 11.8. The van der Waals surface area contributed by atoms with Gasteiger partial charge in [0.15, 0.2) is 0 Å². The van der Waals surface area contributed by atoms with E-state index in [0.29, 0.717) is 0 Å². The van der Waals surface area contributed by atoms with Crippen molar-refractivity contribution in [3.63, 3.8) is 0 Å². The molecule has 0 N–H and O–H groups in total. The van der Waals surface area contributed by atoms with Crippen LogP contribution in [-0.2, 0) is 10.8 Å². The maximum Gasteiger partial charge on any atom is 0.0482 e. The minimum Gasteiger partial charge on any atom is -0.255 e. The molecule has 2 heteroatoms. The molecule has 0 spiro atoms. The summed E-state index contributed by atoms with van der Waals surface area (Å²) in [4.78, 5) is 1.23. The molecule has 94 valence electrons. The predicted octanol–water partition coefficient (Wildman–Crippen LogP) is 4.55. The first-order chi connectivity index (χ1) is 7.84. The van der Waals surface area contributed by atoms with E-state index in [1.165, 1.54) is 56.3 Å². The summed E-state index contributed by atoms with van der Waals surface area (Å²) in [5, 5.41) is 0. The van der Waals surface area contributed by atoms with Gasteiger partial charge in [0, 0.05) is 21.5 Å². The van der Waals surface area contributed by atoms with Gasteiger partial charge in [-0.25, -0.2) is 0 Å².